The van der Waals surface area contributed by atoms with Gasteiger partial charge in [-0.1, -0.05) is 5.11 Å². The molecule has 0 fully saturated rings. The van der Waals surface area contributed by atoms with Crippen LogP contribution in [0.15, 0.2) is 11.3 Å². The fraction of sp³-hybridized carbons (Fsp3) is 0.500. The van der Waals surface area contributed by atoms with Crippen molar-refractivity contribution in [3.05, 3.63) is 21.5 Å². The zero-order valence-corrected chi connectivity index (χ0v) is 7.75. The zero-order chi connectivity index (χ0) is 8.97. The molecule has 0 radical (unpaired) electrons. The Morgan fingerprint density at radius 3 is 3.00 bits per heavy atom. The van der Waals surface area contributed by atoms with Crippen molar-refractivity contribution in [1.29, 1.82) is 0 Å². The summed E-state index contributed by atoms with van der Waals surface area (Å²) in [5.74, 6) is 0. The van der Waals surface area contributed by atoms with Gasteiger partial charge in [0, 0.05) is 30.1 Å². The van der Waals surface area contributed by atoms with Crippen LogP contribution in [0.5, 0.6) is 0 Å². The van der Waals surface area contributed by atoms with Crippen molar-refractivity contribution < 1.29 is 0 Å². The van der Waals surface area contributed by atoms with Crippen LogP contribution in [-0.4, -0.2) is 19.1 Å². The summed E-state index contributed by atoms with van der Waals surface area (Å²) in [6, 6.07) is 0. The number of rotatable bonds is 3. The molecule has 0 aromatic carbocycles. The van der Waals surface area contributed by atoms with Gasteiger partial charge in [-0.3, -0.25) is 0 Å². The number of hydrogen-bond donors (Lipinski definition) is 0. The number of azide groups is 1. The third-order valence-corrected chi connectivity index (χ3v) is 2.36. The summed E-state index contributed by atoms with van der Waals surface area (Å²) in [5, 5.41) is 4.38. The molecule has 0 aliphatic carbocycles. The van der Waals surface area contributed by atoms with E-state index >= 15 is 0 Å². The monoisotopic (exact) mass is 183 g/mol. The van der Waals surface area contributed by atoms with E-state index in [1.54, 1.807) is 6.20 Å². The fourth-order valence-corrected chi connectivity index (χ4v) is 1.43. The third-order valence-electron chi connectivity index (χ3n) is 1.21. The van der Waals surface area contributed by atoms with Crippen LogP contribution in [0.25, 0.3) is 10.4 Å². The molecule has 1 aromatic rings. The SMILES string of the molecule is CN(C)c1ncc(CN=[N+]=[N-])s1. The Morgan fingerprint density at radius 1 is 1.75 bits per heavy atom. The van der Waals surface area contributed by atoms with E-state index in [0.717, 1.165) is 10.0 Å². The minimum atomic E-state index is 0.391. The number of thiazole rings is 1. The van der Waals surface area contributed by atoms with Gasteiger partial charge in [-0.2, -0.15) is 0 Å². The first kappa shape index (κ1) is 8.83. The number of aromatic nitrogens is 1. The summed E-state index contributed by atoms with van der Waals surface area (Å²) >= 11 is 1.53. The van der Waals surface area contributed by atoms with Crippen molar-refractivity contribution in [2.75, 3.05) is 19.0 Å². The normalized spacial score (nSPS) is 9.17. The van der Waals surface area contributed by atoms with Crippen molar-refractivity contribution in [3.63, 3.8) is 0 Å². The molecule has 6 heteroatoms. The molecule has 0 amide bonds. The van der Waals surface area contributed by atoms with Gasteiger partial charge in [-0.25, -0.2) is 4.98 Å². The summed E-state index contributed by atoms with van der Waals surface area (Å²) in [7, 11) is 3.85. The third kappa shape index (κ3) is 2.11. The molecule has 5 nitrogen and oxygen atoms in total. The lowest BCUT2D eigenvalue weighted by atomic mass is 10.6. The smallest absolute Gasteiger partial charge is 0.184 e. The second-order valence-electron chi connectivity index (χ2n) is 2.39. The molecule has 0 N–H and O–H groups in total. The quantitative estimate of drug-likeness (QED) is 0.408. The molecular weight excluding hydrogens is 174 g/mol. The number of hydrogen-bond acceptors (Lipinski definition) is 4. The largest absolute Gasteiger partial charge is 0.354 e. The molecule has 0 spiro atoms. The Hall–Kier alpha value is -1.26. The van der Waals surface area contributed by atoms with E-state index in [4.69, 9.17) is 5.53 Å². The topological polar surface area (TPSA) is 64.9 Å². The summed E-state index contributed by atoms with van der Waals surface area (Å²) in [4.78, 5) is 9.71. The van der Waals surface area contributed by atoms with Crippen LogP contribution in [0.3, 0.4) is 0 Å². The van der Waals surface area contributed by atoms with E-state index in [0.29, 0.717) is 6.54 Å². The number of nitrogens with zero attached hydrogens (tertiary/aromatic N) is 5. The van der Waals surface area contributed by atoms with E-state index in [1.165, 1.54) is 11.3 Å². The lowest BCUT2D eigenvalue weighted by Gasteiger charge is -2.04. The zero-order valence-electron chi connectivity index (χ0n) is 6.93. The van der Waals surface area contributed by atoms with Gasteiger partial charge in [-0.05, 0) is 5.53 Å². The molecule has 0 atom stereocenters. The molecule has 0 saturated heterocycles. The van der Waals surface area contributed by atoms with E-state index in [9.17, 15) is 0 Å². The molecule has 1 aromatic heterocycles. The van der Waals surface area contributed by atoms with Gasteiger partial charge in [-0.15, -0.1) is 11.3 Å². The van der Waals surface area contributed by atoms with Crippen LogP contribution in [0.1, 0.15) is 4.88 Å². The molecule has 0 unspecified atom stereocenters. The Bertz CT molecular complexity index is 299. The summed E-state index contributed by atoms with van der Waals surface area (Å²) in [6.07, 6.45) is 1.73. The van der Waals surface area contributed by atoms with Gasteiger partial charge in [0.15, 0.2) is 5.13 Å². The predicted octanol–water partition coefficient (Wildman–Crippen LogP) is 2.02. The lowest BCUT2D eigenvalue weighted by molar-refractivity contribution is 1.06. The highest BCUT2D eigenvalue weighted by Crippen LogP contribution is 2.20. The average Bonchev–Trinajstić information content (AvgIpc) is 2.48. The minimum absolute atomic E-state index is 0.391. The summed E-state index contributed by atoms with van der Waals surface area (Å²) in [6.45, 7) is 0.391. The molecular formula is C6H9N5S. The van der Waals surface area contributed by atoms with Gasteiger partial charge < -0.3 is 4.90 Å². The maximum Gasteiger partial charge on any atom is 0.184 e. The maximum absolute atomic E-state index is 8.08. The van der Waals surface area contributed by atoms with Crippen LogP contribution in [0, 0.1) is 0 Å². The van der Waals surface area contributed by atoms with Crippen molar-refractivity contribution >= 4 is 16.5 Å². The van der Waals surface area contributed by atoms with E-state index in [2.05, 4.69) is 15.0 Å². The standard InChI is InChI=1S/C6H9N5S/c1-11(2)6-8-3-5(12-6)4-9-10-7/h3H,4H2,1-2H3. The summed E-state index contributed by atoms with van der Waals surface area (Å²) in [5.41, 5.74) is 8.08. The lowest BCUT2D eigenvalue weighted by Crippen LogP contribution is -2.07. The Balaban J connectivity index is 2.70. The first-order valence-corrected chi connectivity index (χ1v) is 4.18. The van der Waals surface area contributed by atoms with Gasteiger partial charge in [0.05, 0.1) is 6.54 Å². The average molecular weight is 183 g/mol. The van der Waals surface area contributed by atoms with Gasteiger partial charge in [0.2, 0.25) is 0 Å². The highest BCUT2D eigenvalue weighted by molar-refractivity contribution is 7.15. The van der Waals surface area contributed by atoms with Crippen LogP contribution in [0.4, 0.5) is 5.13 Å². The molecule has 1 rings (SSSR count). The van der Waals surface area contributed by atoms with Crippen molar-refractivity contribution in [3.8, 4) is 0 Å². The number of anilines is 1. The molecule has 0 aliphatic rings. The summed E-state index contributed by atoms with van der Waals surface area (Å²) < 4.78 is 0. The van der Waals surface area contributed by atoms with E-state index in [1.807, 2.05) is 19.0 Å². The Morgan fingerprint density at radius 2 is 2.50 bits per heavy atom. The van der Waals surface area contributed by atoms with Crippen molar-refractivity contribution in [1.82, 2.24) is 4.98 Å². The fourth-order valence-electron chi connectivity index (χ4n) is 0.678. The molecule has 0 bridgehead atoms. The van der Waals surface area contributed by atoms with Gasteiger partial charge >= 0.3 is 0 Å². The van der Waals surface area contributed by atoms with Crippen LogP contribution in [0.2, 0.25) is 0 Å². The first-order valence-electron chi connectivity index (χ1n) is 3.37. The molecule has 12 heavy (non-hydrogen) atoms. The van der Waals surface area contributed by atoms with E-state index in [-0.39, 0.29) is 0 Å². The second kappa shape index (κ2) is 3.94. The van der Waals surface area contributed by atoms with Crippen LogP contribution < -0.4 is 4.90 Å². The highest BCUT2D eigenvalue weighted by Gasteiger charge is 2.01. The predicted molar refractivity (Wildman–Crippen MR) is 49.3 cm³/mol. The van der Waals surface area contributed by atoms with Crippen LogP contribution >= 0.6 is 11.3 Å². The van der Waals surface area contributed by atoms with E-state index < -0.39 is 0 Å². The molecule has 1 heterocycles. The molecule has 0 aliphatic heterocycles. The first-order chi connectivity index (χ1) is 5.74. The second-order valence-corrected chi connectivity index (χ2v) is 3.49. The molecule has 0 saturated carbocycles. The van der Waals surface area contributed by atoms with Gasteiger partial charge in [0.25, 0.3) is 0 Å². The van der Waals surface area contributed by atoms with Crippen LogP contribution in [-0.2, 0) is 6.54 Å². The Kier molecular flexibility index (Phi) is 2.90. The van der Waals surface area contributed by atoms with Gasteiger partial charge in [0.1, 0.15) is 0 Å². The minimum Gasteiger partial charge on any atom is -0.354 e. The highest BCUT2D eigenvalue weighted by atomic mass is 32.1. The maximum atomic E-state index is 8.08. The van der Waals surface area contributed by atoms with Crippen molar-refractivity contribution in [2.24, 2.45) is 5.11 Å². The van der Waals surface area contributed by atoms with Crippen molar-refractivity contribution in [2.45, 2.75) is 6.54 Å². The molecule has 64 valence electrons. The Labute approximate surface area is 74.3 Å².